The number of esters is 1. The molecule has 0 radical (unpaired) electrons. The van der Waals surface area contributed by atoms with Crippen molar-refractivity contribution in [1.82, 2.24) is 9.97 Å². The van der Waals surface area contributed by atoms with Gasteiger partial charge in [0.2, 0.25) is 5.78 Å². The molecule has 2 aromatic heterocycles. The zero-order valence-electron chi connectivity index (χ0n) is 18.4. The molecule has 0 saturated heterocycles. The molecule has 0 spiro atoms. The quantitative estimate of drug-likeness (QED) is 0.257. The summed E-state index contributed by atoms with van der Waals surface area (Å²) in [5, 5.41) is 1.64. The molecule has 1 aliphatic carbocycles. The normalized spacial score (nSPS) is 14.7. The first-order chi connectivity index (χ1) is 15.5. The Kier molecular flexibility index (Phi) is 5.25. The summed E-state index contributed by atoms with van der Waals surface area (Å²) >= 11 is 0. The van der Waals surface area contributed by atoms with E-state index in [1.54, 1.807) is 6.92 Å². The number of fused-ring (bicyclic) bond motifs is 3. The second-order valence-corrected chi connectivity index (χ2v) is 8.57. The summed E-state index contributed by atoms with van der Waals surface area (Å²) in [5.74, 6) is -0.641. The summed E-state index contributed by atoms with van der Waals surface area (Å²) in [5.41, 5.74) is 5.60. The molecule has 1 N–H and O–H groups in total. The topological polar surface area (TPSA) is 72.1 Å². The van der Waals surface area contributed by atoms with Gasteiger partial charge in [-0.05, 0) is 57.2 Å². The molecular weight excluding hydrogens is 400 g/mol. The molecule has 5 heteroatoms. The molecule has 32 heavy (non-hydrogen) atoms. The average molecular weight is 427 g/mol. The van der Waals surface area contributed by atoms with Crippen LogP contribution < -0.4 is 0 Å². The molecule has 2 heterocycles. The number of aromatic amines is 1. The van der Waals surface area contributed by atoms with Gasteiger partial charge in [0, 0.05) is 33.2 Å². The Morgan fingerprint density at radius 3 is 2.50 bits per heavy atom. The SMILES string of the molecule is Cc1[nH]c2ccccc2c1C(=O)C(C)OC(=O)c1c2c(nc3ccccc13)CCCCC2. The standard InChI is InChI=1S/C27H26N2O3/c1-16-24(18-11-6-8-14-21(18)28-16)26(30)17(2)32-27(31)25-19-10-4-3-5-13-22(19)29-23-15-9-7-12-20(23)25/h6-9,11-12,14-15,17,28H,3-5,10,13H2,1-2H3. The van der Waals surface area contributed by atoms with Gasteiger partial charge < -0.3 is 9.72 Å². The highest BCUT2D eigenvalue weighted by Crippen LogP contribution is 2.30. The number of rotatable bonds is 4. The summed E-state index contributed by atoms with van der Waals surface area (Å²) in [4.78, 5) is 34.9. The van der Waals surface area contributed by atoms with Gasteiger partial charge in [-0.1, -0.05) is 42.8 Å². The summed E-state index contributed by atoms with van der Waals surface area (Å²) in [6.45, 7) is 3.53. The Hall–Kier alpha value is -3.47. The maximum absolute atomic E-state index is 13.5. The van der Waals surface area contributed by atoms with Crippen molar-refractivity contribution >= 4 is 33.6 Å². The van der Waals surface area contributed by atoms with Crippen LogP contribution in [0.25, 0.3) is 21.8 Å². The molecule has 4 aromatic rings. The number of benzene rings is 2. The maximum atomic E-state index is 13.5. The van der Waals surface area contributed by atoms with Gasteiger partial charge in [-0.25, -0.2) is 4.79 Å². The van der Waals surface area contributed by atoms with Crippen LogP contribution >= 0.6 is 0 Å². The van der Waals surface area contributed by atoms with Crippen LogP contribution in [0.3, 0.4) is 0 Å². The number of H-pyrrole nitrogens is 1. The van der Waals surface area contributed by atoms with Crippen LogP contribution in [0.15, 0.2) is 48.5 Å². The first-order valence-electron chi connectivity index (χ1n) is 11.3. The molecule has 5 rings (SSSR count). The van der Waals surface area contributed by atoms with Gasteiger partial charge in [-0.15, -0.1) is 0 Å². The molecule has 5 nitrogen and oxygen atoms in total. The zero-order valence-corrected chi connectivity index (χ0v) is 18.4. The van der Waals surface area contributed by atoms with E-state index in [-0.39, 0.29) is 5.78 Å². The first kappa shape index (κ1) is 20.4. The average Bonchev–Trinajstić information content (AvgIpc) is 2.95. The Bertz CT molecular complexity index is 1350. The number of nitrogens with zero attached hydrogens (tertiary/aromatic N) is 1. The molecular formula is C27H26N2O3. The fourth-order valence-corrected chi connectivity index (χ4v) is 4.85. The number of ketones is 1. The summed E-state index contributed by atoms with van der Waals surface area (Å²) in [6, 6.07) is 15.4. The molecule has 0 bridgehead atoms. The Morgan fingerprint density at radius 2 is 1.66 bits per heavy atom. The summed E-state index contributed by atoms with van der Waals surface area (Å²) < 4.78 is 5.81. The highest BCUT2D eigenvalue weighted by molar-refractivity contribution is 6.12. The van der Waals surface area contributed by atoms with Gasteiger partial charge in [-0.3, -0.25) is 9.78 Å². The monoisotopic (exact) mass is 426 g/mol. The third kappa shape index (κ3) is 3.48. The van der Waals surface area contributed by atoms with Crippen molar-refractivity contribution in [3.63, 3.8) is 0 Å². The van der Waals surface area contributed by atoms with Crippen LogP contribution in [0.4, 0.5) is 0 Å². The molecule has 0 aliphatic heterocycles. The van der Waals surface area contributed by atoms with E-state index in [0.29, 0.717) is 11.1 Å². The van der Waals surface area contributed by atoms with Crippen molar-refractivity contribution < 1.29 is 14.3 Å². The van der Waals surface area contributed by atoms with Gasteiger partial charge in [0.1, 0.15) is 0 Å². The maximum Gasteiger partial charge on any atom is 0.339 e. The molecule has 0 amide bonds. The molecule has 1 aliphatic rings. The number of ether oxygens (including phenoxy) is 1. The van der Waals surface area contributed by atoms with Crippen LogP contribution in [-0.4, -0.2) is 27.8 Å². The second-order valence-electron chi connectivity index (χ2n) is 8.57. The lowest BCUT2D eigenvalue weighted by Gasteiger charge is -2.17. The highest BCUT2D eigenvalue weighted by Gasteiger charge is 2.28. The minimum Gasteiger partial charge on any atom is -0.451 e. The van der Waals surface area contributed by atoms with Crippen molar-refractivity contribution in [2.24, 2.45) is 0 Å². The number of nitrogens with one attached hydrogen (secondary N) is 1. The van der Waals surface area contributed by atoms with E-state index in [0.717, 1.165) is 70.9 Å². The van der Waals surface area contributed by atoms with Crippen LogP contribution in [0.2, 0.25) is 0 Å². The molecule has 0 fully saturated rings. The molecule has 2 aromatic carbocycles. The van der Waals surface area contributed by atoms with Gasteiger partial charge in [0.05, 0.1) is 11.1 Å². The fraction of sp³-hybridized carbons (Fsp3) is 0.296. The van der Waals surface area contributed by atoms with Crippen molar-refractivity contribution in [3.8, 4) is 0 Å². The Labute approximate surface area is 186 Å². The van der Waals surface area contributed by atoms with Crippen LogP contribution in [-0.2, 0) is 17.6 Å². The lowest BCUT2D eigenvalue weighted by Crippen LogP contribution is -2.26. The van der Waals surface area contributed by atoms with Gasteiger partial charge in [0.15, 0.2) is 6.10 Å². The molecule has 1 atom stereocenters. The molecule has 1 unspecified atom stereocenters. The van der Waals surface area contributed by atoms with Gasteiger partial charge in [-0.2, -0.15) is 0 Å². The van der Waals surface area contributed by atoms with Crippen molar-refractivity contribution in [3.05, 3.63) is 76.6 Å². The zero-order chi connectivity index (χ0) is 22.2. The van der Waals surface area contributed by atoms with Crippen LogP contribution in [0.1, 0.15) is 63.9 Å². The van der Waals surface area contributed by atoms with E-state index in [1.807, 2.05) is 55.5 Å². The predicted octanol–water partition coefficient (Wildman–Crippen LogP) is 5.72. The first-order valence-corrected chi connectivity index (χ1v) is 11.3. The second kappa shape index (κ2) is 8.23. The minimum absolute atomic E-state index is 0.197. The minimum atomic E-state index is -0.895. The highest BCUT2D eigenvalue weighted by atomic mass is 16.5. The number of carbonyl (C=O) groups excluding carboxylic acids is 2. The molecule has 0 saturated carbocycles. The van der Waals surface area contributed by atoms with E-state index in [2.05, 4.69) is 4.98 Å². The number of hydrogen-bond acceptors (Lipinski definition) is 4. The number of hydrogen-bond donors (Lipinski definition) is 1. The Morgan fingerprint density at radius 1 is 0.938 bits per heavy atom. The third-order valence-electron chi connectivity index (χ3n) is 6.42. The predicted molar refractivity (Wildman–Crippen MR) is 125 cm³/mol. The van der Waals surface area contributed by atoms with Crippen molar-refractivity contribution in [2.75, 3.05) is 0 Å². The third-order valence-corrected chi connectivity index (χ3v) is 6.42. The van der Waals surface area contributed by atoms with Crippen LogP contribution in [0, 0.1) is 6.92 Å². The number of aromatic nitrogens is 2. The van der Waals surface area contributed by atoms with E-state index in [9.17, 15) is 9.59 Å². The van der Waals surface area contributed by atoms with Gasteiger partial charge >= 0.3 is 5.97 Å². The lowest BCUT2D eigenvalue weighted by molar-refractivity contribution is 0.0320. The summed E-state index contributed by atoms with van der Waals surface area (Å²) in [7, 11) is 0. The number of Topliss-reactive ketones (excluding diaryl/α,β-unsaturated/α-hetero) is 1. The van der Waals surface area contributed by atoms with E-state index < -0.39 is 12.1 Å². The van der Waals surface area contributed by atoms with Crippen molar-refractivity contribution in [2.45, 2.75) is 52.1 Å². The summed E-state index contributed by atoms with van der Waals surface area (Å²) in [6.07, 6.45) is 3.99. The van der Waals surface area contributed by atoms with Crippen LogP contribution in [0.5, 0.6) is 0 Å². The number of carbonyl (C=O) groups is 2. The van der Waals surface area contributed by atoms with E-state index >= 15 is 0 Å². The Balaban J connectivity index is 1.51. The smallest absolute Gasteiger partial charge is 0.339 e. The van der Waals surface area contributed by atoms with E-state index in [1.165, 1.54) is 0 Å². The fourth-order valence-electron chi connectivity index (χ4n) is 4.85. The van der Waals surface area contributed by atoms with Gasteiger partial charge in [0.25, 0.3) is 0 Å². The van der Waals surface area contributed by atoms with Crippen molar-refractivity contribution in [1.29, 1.82) is 0 Å². The molecule has 162 valence electrons. The van der Waals surface area contributed by atoms with E-state index in [4.69, 9.17) is 9.72 Å². The number of para-hydroxylation sites is 2. The lowest BCUT2D eigenvalue weighted by atomic mass is 9.97. The largest absolute Gasteiger partial charge is 0.451 e. The number of pyridine rings is 1. The number of aryl methyl sites for hydroxylation is 2.